The van der Waals surface area contributed by atoms with E-state index in [1.54, 1.807) is 0 Å². The Balaban J connectivity index is 1.47. The predicted molar refractivity (Wildman–Crippen MR) is 137 cm³/mol. The normalized spacial score (nSPS) is 18.7. The Bertz CT molecular complexity index is 995. The van der Waals surface area contributed by atoms with Gasteiger partial charge >= 0.3 is 0 Å². The minimum Gasteiger partial charge on any atom is -0.488 e. The maximum atomic E-state index is 6.09. The summed E-state index contributed by atoms with van der Waals surface area (Å²) < 4.78 is 46.6. The Morgan fingerprint density at radius 2 is 0.857 bits per heavy atom. The van der Waals surface area contributed by atoms with Gasteiger partial charge in [0, 0.05) is 10.8 Å². The second-order valence-corrected chi connectivity index (χ2v) is 9.22. The Hall–Kier alpha value is -1.44. The van der Waals surface area contributed by atoms with Gasteiger partial charge in [-0.15, -0.1) is 0 Å². The maximum Gasteiger partial charge on any atom is 0.157 e. The van der Waals surface area contributed by atoms with E-state index >= 15 is 0 Å². The van der Waals surface area contributed by atoms with Crippen molar-refractivity contribution in [3.05, 3.63) is 33.2 Å². The van der Waals surface area contributed by atoms with E-state index in [2.05, 4.69) is 49.0 Å². The molecule has 0 saturated carbocycles. The van der Waals surface area contributed by atoms with Gasteiger partial charge in [0.15, 0.2) is 11.5 Å². The molecule has 0 fully saturated rings. The van der Waals surface area contributed by atoms with Crippen molar-refractivity contribution in [3.8, 4) is 11.5 Å². The molecule has 4 rings (SSSR count). The van der Waals surface area contributed by atoms with E-state index in [1.165, 1.54) is 0 Å². The smallest absolute Gasteiger partial charge is 0.157 e. The van der Waals surface area contributed by atoms with Crippen molar-refractivity contribution in [1.82, 2.24) is 4.98 Å². The number of aromatic nitrogens is 1. The SMILES string of the molecule is Brc1ccc2c3[nH]c4c(c(Br)ccc42)OCCOCCOCOCCOCOCCOCCOc13. The molecule has 0 aliphatic carbocycles. The molecule has 192 valence electrons. The topological polar surface area (TPSA) is 89.6 Å². The molecule has 9 nitrogen and oxygen atoms in total. The molecule has 2 aromatic carbocycles. The van der Waals surface area contributed by atoms with E-state index in [9.17, 15) is 0 Å². The first kappa shape index (κ1) is 26.6. The van der Waals surface area contributed by atoms with Gasteiger partial charge in [0.1, 0.15) is 26.8 Å². The van der Waals surface area contributed by atoms with Crippen molar-refractivity contribution in [2.24, 2.45) is 0 Å². The van der Waals surface area contributed by atoms with E-state index in [0.717, 1.165) is 42.3 Å². The summed E-state index contributed by atoms with van der Waals surface area (Å²) in [5.41, 5.74) is 1.78. The largest absolute Gasteiger partial charge is 0.488 e. The number of rotatable bonds is 0. The molecular formula is C24H29Br2NO8. The monoisotopic (exact) mass is 617 g/mol. The second kappa shape index (κ2) is 14.3. The van der Waals surface area contributed by atoms with Crippen LogP contribution in [0.25, 0.3) is 21.8 Å². The highest BCUT2D eigenvalue weighted by Crippen LogP contribution is 2.42. The van der Waals surface area contributed by atoms with Crippen molar-refractivity contribution in [2.45, 2.75) is 0 Å². The van der Waals surface area contributed by atoms with Gasteiger partial charge in [0.25, 0.3) is 0 Å². The van der Waals surface area contributed by atoms with Crippen LogP contribution in [0.15, 0.2) is 33.2 Å². The van der Waals surface area contributed by atoms with E-state index < -0.39 is 0 Å². The molecule has 1 aliphatic heterocycles. The lowest BCUT2D eigenvalue weighted by molar-refractivity contribution is -0.109. The lowest BCUT2D eigenvalue weighted by Gasteiger charge is -2.10. The first-order valence-electron chi connectivity index (χ1n) is 11.4. The average Bonchev–Trinajstić information content (AvgIpc) is 3.23. The number of fused-ring (bicyclic) bond motifs is 1. The van der Waals surface area contributed by atoms with Crippen molar-refractivity contribution >= 4 is 53.7 Å². The number of H-pyrrole nitrogens is 1. The molecule has 0 amide bonds. The Morgan fingerprint density at radius 1 is 0.486 bits per heavy atom. The fourth-order valence-corrected chi connectivity index (χ4v) is 4.43. The molecule has 0 saturated heterocycles. The highest BCUT2D eigenvalue weighted by molar-refractivity contribution is 9.11. The summed E-state index contributed by atoms with van der Waals surface area (Å²) in [6.07, 6.45) is 0. The molecule has 35 heavy (non-hydrogen) atoms. The van der Waals surface area contributed by atoms with E-state index in [1.807, 2.05) is 12.1 Å². The fourth-order valence-electron chi connectivity index (χ4n) is 3.54. The number of benzene rings is 2. The van der Waals surface area contributed by atoms with E-state index in [-0.39, 0.29) is 13.6 Å². The lowest BCUT2D eigenvalue weighted by atomic mass is 10.1. The number of hydrogen-bond acceptors (Lipinski definition) is 8. The summed E-state index contributed by atoms with van der Waals surface area (Å²) in [6.45, 7) is 4.65. The zero-order valence-electron chi connectivity index (χ0n) is 19.3. The number of halogens is 2. The van der Waals surface area contributed by atoms with Crippen molar-refractivity contribution in [3.63, 3.8) is 0 Å². The fraction of sp³-hybridized carbons (Fsp3) is 0.500. The third kappa shape index (κ3) is 7.53. The summed E-state index contributed by atoms with van der Waals surface area (Å²) in [4.78, 5) is 3.49. The minimum absolute atomic E-state index is 0.188. The molecular weight excluding hydrogens is 590 g/mol. The first-order chi connectivity index (χ1) is 17.3. The molecule has 1 N–H and O–H groups in total. The van der Waals surface area contributed by atoms with Crippen LogP contribution in [0, 0.1) is 0 Å². The van der Waals surface area contributed by atoms with Crippen LogP contribution < -0.4 is 9.47 Å². The van der Waals surface area contributed by atoms with E-state index in [4.69, 9.17) is 37.9 Å². The molecule has 1 aromatic heterocycles. The van der Waals surface area contributed by atoms with Gasteiger partial charge in [-0.3, -0.25) is 0 Å². The molecule has 2 heterocycles. The molecule has 3 aromatic rings. The lowest BCUT2D eigenvalue weighted by Crippen LogP contribution is -2.14. The first-order valence-corrected chi connectivity index (χ1v) is 13.0. The van der Waals surface area contributed by atoms with Crippen LogP contribution in [0.2, 0.25) is 0 Å². The van der Waals surface area contributed by atoms with Gasteiger partial charge in [-0.05, 0) is 44.0 Å². The third-order valence-electron chi connectivity index (χ3n) is 5.16. The molecule has 0 atom stereocenters. The molecule has 2 bridgehead atoms. The van der Waals surface area contributed by atoms with Crippen molar-refractivity contribution in [2.75, 3.05) is 79.7 Å². The second-order valence-electron chi connectivity index (χ2n) is 7.51. The summed E-state index contributed by atoms with van der Waals surface area (Å²) in [6, 6.07) is 8.08. The number of ether oxygens (including phenoxy) is 8. The van der Waals surface area contributed by atoms with Crippen LogP contribution >= 0.6 is 31.9 Å². The highest BCUT2D eigenvalue weighted by Gasteiger charge is 2.17. The predicted octanol–water partition coefficient (Wildman–Crippen LogP) is 4.63. The molecule has 0 radical (unpaired) electrons. The quantitative estimate of drug-likeness (QED) is 0.390. The number of nitrogens with one attached hydrogen (secondary N) is 1. The Kier molecular flexibility index (Phi) is 10.9. The van der Waals surface area contributed by atoms with Crippen molar-refractivity contribution in [1.29, 1.82) is 0 Å². The van der Waals surface area contributed by atoms with E-state index in [0.29, 0.717) is 66.1 Å². The zero-order valence-corrected chi connectivity index (χ0v) is 22.5. The number of aromatic amines is 1. The summed E-state index contributed by atoms with van der Waals surface area (Å²) >= 11 is 7.22. The van der Waals surface area contributed by atoms with Crippen LogP contribution in [0.1, 0.15) is 0 Å². The van der Waals surface area contributed by atoms with Crippen molar-refractivity contribution < 1.29 is 37.9 Å². The third-order valence-corrected chi connectivity index (χ3v) is 6.41. The van der Waals surface area contributed by atoms with Crippen LogP contribution in [-0.4, -0.2) is 84.6 Å². The standard InChI is InChI=1S/C24H29Br2NO8/c25-19-3-1-17-18-2-4-20(26)24-22(18)27-21(17)23(19)34-13-11-28-5-7-30-15-32-9-10-33-16-31-8-6-29-12-14-35-24/h1-4,27H,5-16H2. The molecule has 1 aliphatic rings. The maximum absolute atomic E-state index is 6.09. The molecule has 0 spiro atoms. The van der Waals surface area contributed by atoms with Gasteiger partial charge in [-0.25, -0.2) is 0 Å². The summed E-state index contributed by atoms with van der Waals surface area (Å²) in [5, 5.41) is 2.09. The Labute approximate surface area is 220 Å². The van der Waals surface area contributed by atoms with Crippen LogP contribution in [0.3, 0.4) is 0 Å². The van der Waals surface area contributed by atoms with Gasteiger partial charge in [-0.1, -0.05) is 12.1 Å². The number of hydrogen-bond donors (Lipinski definition) is 1. The average molecular weight is 619 g/mol. The molecule has 0 unspecified atom stereocenters. The van der Waals surface area contributed by atoms with Crippen LogP contribution in [0.4, 0.5) is 0 Å². The van der Waals surface area contributed by atoms with Gasteiger partial charge in [-0.2, -0.15) is 0 Å². The summed E-state index contributed by atoms with van der Waals surface area (Å²) in [5.74, 6) is 1.45. The van der Waals surface area contributed by atoms with Gasteiger partial charge in [0.2, 0.25) is 0 Å². The Morgan fingerprint density at radius 3 is 1.29 bits per heavy atom. The van der Waals surface area contributed by atoms with Crippen LogP contribution in [-0.2, 0) is 28.4 Å². The molecule has 11 heteroatoms. The summed E-state index contributed by atoms with van der Waals surface area (Å²) in [7, 11) is 0. The minimum atomic E-state index is 0.188. The zero-order chi connectivity index (χ0) is 24.3. The van der Waals surface area contributed by atoms with Gasteiger partial charge < -0.3 is 42.9 Å². The van der Waals surface area contributed by atoms with Gasteiger partial charge in [0.05, 0.1) is 72.8 Å². The van der Waals surface area contributed by atoms with Crippen LogP contribution in [0.5, 0.6) is 11.5 Å². The highest BCUT2D eigenvalue weighted by atomic mass is 79.9.